The lowest BCUT2D eigenvalue weighted by atomic mass is 10.1. The van der Waals surface area contributed by atoms with Crippen LogP contribution < -0.4 is 10.1 Å². The molecule has 2 amide bonds. The van der Waals surface area contributed by atoms with E-state index in [2.05, 4.69) is 15.3 Å². The van der Waals surface area contributed by atoms with Crippen LogP contribution in [-0.2, 0) is 6.18 Å². The molecule has 0 bridgehead atoms. The Balaban J connectivity index is 1.62. The molecule has 1 saturated heterocycles. The summed E-state index contributed by atoms with van der Waals surface area (Å²) in [7, 11) is 0. The van der Waals surface area contributed by atoms with Gasteiger partial charge >= 0.3 is 12.2 Å². The van der Waals surface area contributed by atoms with Gasteiger partial charge in [-0.2, -0.15) is 13.2 Å². The molecule has 132 valence electrons. The molecule has 1 fully saturated rings. The van der Waals surface area contributed by atoms with E-state index < -0.39 is 17.8 Å². The zero-order chi connectivity index (χ0) is 17.9. The fraction of sp³-hybridized carbons (Fsp3) is 0.312. The highest BCUT2D eigenvalue weighted by atomic mass is 19.4. The number of para-hydroxylation sites is 1. The number of hydrogen-bond acceptors (Lipinski definition) is 4. The number of aromatic nitrogens is 2. The van der Waals surface area contributed by atoms with Gasteiger partial charge in [-0.05, 0) is 12.1 Å². The van der Waals surface area contributed by atoms with Gasteiger partial charge in [0.15, 0.2) is 0 Å². The van der Waals surface area contributed by atoms with Gasteiger partial charge in [-0.3, -0.25) is 4.98 Å². The summed E-state index contributed by atoms with van der Waals surface area (Å²) in [5.41, 5.74) is -1.15. The monoisotopic (exact) mass is 352 g/mol. The average molecular weight is 352 g/mol. The standard InChI is InChI=1S/C16H15F3N4O2/c17-16(18,19)12-3-1-2-4-13(12)22-15(24)23-8-5-11(10-23)25-14-9-20-6-7-21-14/h1-4,6-7,9,11H,5,8,10H2,(H,22,24). The molecule has 2 aromatic rings. The third-order valence-electron chi connectivity index (χ3n) is 3.73. The van der Waals surface area contributed by atoms with Gasteiger partial charge in [-0.15, -0.1) is 0 Å². The maximum absolute atomic E-state index is 13.0. The molecule has 3 rings (SSSR count). The Kier molecular flexibility index (Phi) is 4.73. The van der Waals surface area contributed by atoms with Crippen molar-refractivity contribution < 1.29 is 22.7 Å². The predicted octanol–water partition coefficient (Wildman–Crippen LogP) is 3.18. The van der Waals surface area contributed by atoms with Gasteiger partial charge in [-0.1, -0.05) is 12.1 Å². The smallest absolute Gasteiger partial charge is 0.418 e. The van der Waals surface area contributed by atoms with Crippen LogP contribution in [-0.4, -0.2) is 40.1 Å². The second-order valence-corrected chi connectivity index (χ2v) is 5.49. The van der Waals surface area contributed by atoms with Gasteiger partial charge in [0.1, 0.15) is 6.10 Å². The summed E-state index contributed by atoms with van der Waals surface area (Å²) in [5, 5.41) is 2.33. The van der Waals surface area contributed by atoms with Crippen LogP contribution in [0.5, 0.6) is 5.88 Å². The molecular weight excluding hydrogens is 337 g/mol. The van der Waals surface area contributed by atoms with Crippen molar-refractivity contribution in [3.63, 3.8) is 0 Å². The van der Waals surface area contributed by atoms with Crippen molar-refractivity contribution in [3.05, 3.63) is 48.4 Å². The van der Waals surface area contributed by atoms with Crippen molar-refractivity contribution in [3.8, 4) is 5.88 Å². The van der Waals surface area contributed by atoms with E-state index in [1.165, 1.54) is 41.7 Å². The number of halogens is 3. The Labute approximate surface area is 141 Å². The molecule has 9 heteroatoms. The van der Waals surface area contributed by atoms with Gasteiger partial charge in [0.25, 0.3) is 0 Å². The second kappa shape index (κ2) is 6.96. The van der Waals surface area contributed by atoms with Crippen LogP contribution in [0, 0.1) is 0 Å². The molecule has 1 unspecified atom stereocenters. The number of carbonyl (C=O) groups excluding carboxylic acids is 1. The van der Waals surface area contributed by atoms with E-state index in [1.807, 2.05) is 0 Å². The number of benzene rings is 1. The Morgan fingerprint density at radius 1 is 1.28 bits per heavy atom. The second-order valence-electron chi connectivity index (χ2n) is 5.49. The number of alkyl halides is 3. The first-order valence-electron chi connectivity index (χ1n) is 7.58. The Bertz CT molecular complexity index is 740. The van der Waals surface area contributed by atoms with Crippen LogP contribution in [0.25, 0.3) is 0 Å². The van der Waals surface area contributed by atoms with Crippen molar-refractivity contribution in [1.29, 1.82) is 0 Å². The number of anilines is 1. The van der Waals surface area contributed by atoms with Crippen LogP contribution in [0.4, 0.5) is 23.7 Å². The fourth-order valence-corrected chi connectivity index (χ4v) is 2.56. The van der Waals surface area contributed by atoms with E-state index in [4.69, 9.17) is 4.74 Å². The van der Waals surface area contributed by atoms with Crippen molar-refractivity contribution in [2.24, 2.45) is 0 Å². The third-order valence-corrected chi connectivity index (χ3v) is 3.73. The molecule has 6 nitrogen and oxygen atoms in total. The summed E-state index contributed by atoms with van der Waals surface area (Å²) in [4.78, 5) is 21.5. The number of amides is 2. The van der Waals surface area contributed by atoms with Gasteiger partial charge in [0.05, 0.1) is 24.0 Å². The van der Waals surface area contributed by atoms with Crippen LogP contribution in [0.2, 0.25) is 0 Å². The molecule has 25 heavy (non-hydrogen) atoms. The number of likely N-dealkylation sites (tertiary alicyclic amines) is 1. The van der Waals surface area contributed by atoms with Crippen molar-refractivity contribution in [2.75, 3.05) is 18.4 Å². The molecule has 0 aliphatic carbocycles. The Morgan fingerprint density at radius 3 is 2.80 bits per heavy atom. The minimum Gasteiger partial charge on any atom is -0.471 e. The summed E-state index contributed by atoms with van der Waals surface area (Å²) in [6.45, 7) is 0.640. The van der Waals surface area contributed by atoms with Gasteiger partial charge in [0.2, 0.25) is 5.88 Å². The lowest BCUT2D eigenvalue weighted by Gasteiger charge is -2.19. The largest absolute Gasteiger partial charge is 0.471 e. The molecule has 1 aliphatic heterocycles. The van der Waals surface area contributed by atoms with Gasteiger partial charge in [0, 0.05) is 25.4 Å². The highest BCUT2D eigenvalue weighted by molar-refractivity contribution is 5.90. The normalized spacial score (nSPS) is 17.4. The molecule has 1 atom stereocenters. The summed E-state index contributed by atoms with van der Waals surface area (Å²) in [6, 6.07) is 4.28. The van der Waals surface area contributed by atoms with E-state index in [0.717, 1.165) is 6.07 Å². The van der Waals surface area contributed by atoms with Gasteiger partial charge < -0.3 is 15.0 Å². The van der Waals surface area contributed by atoms with E-state index >= 15 is 0 Å². The van der Waals surface area contributed by atoms with Crippen LogP contribution in [0.1, 0.15) is 12.0 Å². The molecular formula is C16H15F3N4O2. The van der Waals surface area contributed by atoms with E-state index in [1.54, 1.807) is 0 Å². The Hall–Kier alpha value is -2.84. The molecule has 2 heterocycles. The maximum atomic E-state index is 13.0. The van der Waals surface area contributed by atoms with E-state index in [0.29, 0.717) is 18.8 Å². The highest BCUT2D eigenvalue weighted by Gasteiger charge is 2.34. The van der Waals surface area contributed by atoms with Crippen molar-refractivity contribution in [1.82, 2.24) is 14.9 Å². The molecule has 1 aliphatic rings. The molecule has 0 radical (unpaired) electrons. The zero-order valence-electron chi connectivity index (χ0n) is 13.0. The number of urea groups is 1. The predicted molar refractivity (Wildman–Crippen MR) is 83.1 cm³/mol. The lowest BCUT2D eigenvalue weighted by molar-refractivity contribution is -0.136. The first-order chi connectivity index (χ1) is 11.9. The van der Waals surface area contributed by atoms with Crippen LogP contribution in [0.15, 0.2) is 42.9 Å². The number of nitrogens with zero attached hydrogens (tertiary/aromatic N) is 3. The minimum absolute atomic E-state index is 0.261. The molecule has 0 saturated carbocycles. The highest BCUT2D eigenvalue weighted by Crippen LogP contribution is 2.34. The molecule has 1 N–H and O–H groups in total. The van der Waals surface area contributed by atoms with Gasteiger partial charge in [-0.25, -0.2) is 9.78 Å². The number of ether oxygens (including phenoxy) is 1. The van der Waals surface area contributed by atoms with E-state index in [-0.39, 0.29) is 18.3 Å². The average Bonchev–Trinajstić information content (AvgIpc) is 3.04. The lowest BCUT2D eigenvalue weighted by Crippen LogP contribution is -2.35. The maximum Gasteiger partial charge on any atom is 0.418 e. The SMILES string of the molecule is O=C(Nc1ccccc1C(F)(F)F)N1CCC(Oc2cnccn2)C1. The van der Waals surface area contributed by atoms with Crippen molar-refractivity contribution in [2.45, 2.75) is 18.7 Å². The topological polar surface area (TPSA) is 67.4 Å². The summed E-state index contributed by atoms with van der Waals surface area (Å²) in [5.74, 6) is 0.345. The first kappa shape index (κ1) is 17.0. The number of nitrogens with one attached hydrogen (secondary N) is 1. The van der Waals surface area contributed by atoms with Crippen LogP contribution in [0.3, 0.4) is 0 Å². The summed E-state index contributed by atoms with van der Waals surface area (Å²) >= 11 is 0. The first-order valence-corrected chi connectivity index (χ1v) is 7.58. The summed E-state index contributed by atoms with van der Waals surface area (Å²) in [6.07, 6.45) is 0.211. The summed E-state index contributed by atoms with van der Waals surface area (Å²) < 4.78 is 44.6. The molecule has 1 aromatic carbocycles. The molecule has 0 spiro atoms. The zero-order valence-corrected chi connectivity index (χ0v) is 13.0. The minimum atomic E-state index is -4.54. The number of hydrogen-bond donors (Lipinski definition) is 1. The molecule has 1 aromatic heterocycles. The van der Waals surface area contributed by atoms with E-state index in [9.17, 15) is 18.0 Å². The quantitative estimate of drug-likeness (QED) is 0.921. The fourth-order valence-electron chi connectivity index (χ4n) is 2.56. The van der Waals surface area contributed by atoms with Crippen LogP contribution >= 0.6 is 0 Å². The number of carbonyl (C=O) groups is 1. The Morgan fingerprint density at radius 2 is 2.08 bits per heavy atom. The number of rotatable bonds is 3. The third kappa shape index (κ3) is 4.17. The van der Waals surface area contributed by atoms with Crippen molar-refractivity contribution >= 4 is 11.7 Å².